The molecule has 1 N–H and O–H groups in total. The third-order valence-electron chi connectivity index (χ3n) is 7.50. The predicted octanol–water partition coefficient (Wildman–Crippen LogP) is 3.33. The first-order valence-electron chi connectivity index (χ1n) is 12.3. The van der Waals surface area contributed by atoms with Gasteiger partial charge in [0.15, 0.2) is 0 Å². The molecule has 2 aromatic rings. The van der Waals surface area contributed by atoms with Gasteiger partial charge in [-0.3, -0.25) is 9.59 Å². The van der Waals surface area contributed by atoms with Crippen molar-refractivity contribution in [2.75, 3.05) is 55.4 Å². The molecule has 34 heavy (non-hydrogen) atoms. The molecular weight excluding hydrogens is 428 g/mol. The maximum absolute atomic E-state index is 13.0. The van der Waals surface area contributed by atoms with E-state index in [1.54, 1.807) is 11.1 Å². The van der Waals surface area contributed by atoms with E-state index < -0.39 is 0 Å². The summed E-state index contributed by atoms with van der Waals surface area (Å²) in [6.45, 7) is 5.30. The molecule has 1 saturated heterocycles. The number of likely N-dealkylation sites (N-methyl/N-ethyl adjacent to an activating group) is 2. The van der Waals surface area contributed by atoms with Crippen LogP contribution in [0.3, 0.4) is 0 Å². The van der Waals surface area contributed by atoms with Crippen LogP contribution in [-0.2, 0) is 4.79 Å². The number of nitrogens with one attached hydrogen (secondary N) is 1. The van der Waals surface area contributed by atoms with Crippen LogP contribution in [-0.4, -0.2) is 79.0 Å². The van der Waals surface area contributed by atoms with Crippen LogP contribution in [0.15, 0.2) is 36.5 Å². The molecule has 1 aromatic carbocycles. The highest BCUT2D eigenvalue weighted by atomic mass is 16.2. The van der Waals surface area contributed by atoms with Gasteiger partial charge in [0.25, 0.3) is 5.91 Å². The molecule has 5 rings (SSSR count). The van der Waals surface area contributed by atoms with Gasteiger partial charge in [-0.2, -0.15) is 0 Å². The first kappa shape index (κ1) is 22.7. The Morgan fingerprint density at radius 1 is 1.03 bits per heavy atom. The average molecular weight is 463 g/mol. The zero-order valence-corrected chi connectivity index (χ0v) is 20.3. The Labute approximate surface area is 201 Å². The summed E-state index contributed by atoms with van der Waals surface area (Å²) in [5.74, 6) is 0.884. The van der Waals surface area contributed by atoms with Gasteiger partial charge in [-0.05, 0) is 45.0 Å². The lowest BCUT2D eigenvalue weighted by Crippen LogP contribution is -2.54. The van der Waals surface area contributed by atoms with Gasteiger partial charge in [-0.15, -0.1) is 0 Å². The van der Waals surface area contributed by atoms with Crippen molar-refractivity contribution in [3.8, 4) is 0 Å². The largest absolute Gasteiger partial charge is 0.355 e. The number of piperazine rings is 1. The topological polar surface area (TPSA) is 72.0 Å². The van der Waals surface area contributed by atoms with E-state index in [1.165, 1.54) is 12.8 Å². The second-order valence-corrected chi connectivity index (χ2v) is 9.78. The monoisotopic (exact) mass is 462 g/mol. The van der Waals surface area contributed by atoms with E-state index in [0.717, 1.165) is 56.1 Å². The molecule has 180 valence electrons. The normalized spacial score (nSPS) is 21.7. The minimum absolute atomic E-state index is 0.0662. The molecule has 0 radical (unpaired) electrons. The Morgan fingerprint density at radius 3 is 2.50 bits per heavy atom. The third-order valence-corrected chi connectivity index (χ3v) is 7.50. The van der Waals surface area contributed by atoms with E-state index in [9.17, 15) is 9.59 Å². The van der Waals surface area contributed by atoms with E-state index in [1.807, 2.05) is 49.2 Å². The Hall–Kier alpha value is -3.13. The van der Waals surface area contributed by atoms with Crippen LogP contribution >= 0.6 is 0 Å². The average Bonchev–Trinajstić information content (AvgIpc) is 3.37. The molecule has 2 amide bonds. The molecule has 0 spiro atoms. The lowest BCUT2D eigenvalue weighted by Gasteiger charge is -2.43. The van der Waals surface area contributed by atoms with Crippen molar-refractivity contribution in [3.63, 3.8) is 0 Å². The van der Waals surface area contributed by atoms with E-state index in [0.29, 0.717) is 17.4 Å². The van der Waals surface area contributed by atoms with Crippen molar-refractivity contribution in [1.82, 2.24) is 14.8 Å². The second-order valence-electron chi connectivity index (χ2n) is 9.78. The highest BCUT2D eigenvalue weighted by Crippen LogP contribution is 2.41. The lowest BCUT2D eigenvalue weighted by molar-refractivity contribution is -0.119. The molecule has 2 fully saturated rings. The quantitative estimate of drug-likeness (QED) is 0.752. The number of pyridine rings is 1. The number of amides is 2. The standard InChI is InChI=1S/C26H34N6O2/c1-18-25(33)30(3)23-17-27-24(16-22(23)32(18)21-9-4-5-10-21)28-20-8-6-7-19(15-20)26(34)31-13-11-29(2)12-14-31/h6-8,15-18,21H,4-5,9-14H2,1-3H3,(H,27,28)/t18-/m0/s1. The van der Waals surface area contributed by atoms with Gasteiger partial charge in [0.2, 0.25) is 5.91 Å². The first-order valence-corrected chi connectivity index (χ1v) is 12.3. The number of anilines is 4. The second kappa shape index (κ2) is 9.25. The fourth-order valence-corrected chi connectivity index (χ4v) is 5.46. The Morgan fingerprint density at radius 2 is 1.76 bits per heavy atom. The number of benzene rings is 1. The zero-order valence-electron chi connectivity index (χ0n) is 20.3. The summed E-state index contributed by atoms with van der Waals surface area (Å²) >= 11 is 0. The van der Waals surface area contributed by atoms with Gasteiger partial charge in [-0.25, -0.2) is 4.98 Å². The number of fused-ring (bicyclic) bond motifs is 1. The Kier molecular flexibility index (Phi) is 6.16. The zero-order chi connectivity index (χ0) is 23.8. The Balaban J connectivity index is 1.39. The van der Waals surface area contributed by atoms with Crippen molar-refractivity contribution in [2.45, 2.75) is 44.7 Å². The van der Waals surface area contributed by atoms with Gasteiger partial charge in [0.05, 0.1) is 17.6 Å². The minimum atomic E-state index is -0.194. The van der Waals surface area contributed by atoms with Crippen LogP contribution in [0.2, 0.25) is 0 Å². The van der Waals surface area contributed by atoms with Gasteiger partial charge in [0, 0.05) is 56.6 Å². The van der Waals surface area contributed by atoms with E-state index in [4.69, 9.17) is 0 Å². The smallest absolute Gasteiger partial charge is 0.254 e. The van der Waals surface area contributed by atoms with Gasteiger partial charge >= 0.3 is 0 Å². The molecule has 1 aromatic heterocycles. The van der Waals surface area contributed by atoms with Crippen molar-refractivity contribution in [3.05, 3.63) is 42.1 Å². The fraction of sp³-hybridized carbons (Fsp3) is 0.500. The number of hydrogen-bond acceptors (Lipinski definition) is 6. The highest BCUT2D eigenvalue weighted by Gasteiger charge is 2.38. The van der Waals surface area contributed by atoms with Gasteiger partial charge < -0.3 is 24.9 Å². The molecule has 3 aliphatic rings. The molecule has 0 unspecified atom stereocenters. The summed E-state index contributed by atoms with van der Waals surface area (Å²) in [5, 5.41) is 3.39. The number of carbonyl (C=O) groups is 2. The first-order chi connectivity index (χ1) is 16.4. The van der Waals surface area contributed by atoms with Gasteiger partial charge in [-0.1, -0.05) is 18.9 Å². The van der Waals surface area contributed by atoms with Crippen molar-refractivity contribution in [1.29, 1.82) is 0 Å². The Bertz CT molecular complexity index is 1070. The van der Waals surface area contributed by atoms with E-state index in [-0.39, 0.29) is 17.9 Å². The number of carbonyl (C=O) groups excluding carboxylic acids is 2. The lowest BCUT2D eigenvalue weighted by atomic mass is 10.0. The molecule has 1 saturated carbocycles. The van der Waals surface area contributed by atoms with Crippen molar-refractivity contribution >= 4 is 34.7 Å². The molecule has 3 heterocycles. The summed E-state index contributed by atoms with van der Waals surface area (Å²) < 4.78 is 0. The van der Waals surface area contributed by atoms with Crippen molar-refractivity contribution in [2.24, 2.45) is 0 Å². The molecule has 8 nitrogen and oxygen atoms in total. The van der Waals surface area contributed by atoms with Crippen LogP contribution in [0.5, 0.6) is 0 Å². The molecule has 2 aliphatic heterocycles. The molecule has 1 aliphatic carbocycles. The summed E-state index contributed by atoms with van der Waals surface area (Å²) in [7, 11) is 3.91. The maximum Gasteiger partial charge on any atom is 0.254 e. The maximum atomic E-state index is 13.0. The summed E-state index contributed by atoms with van der Waals surface area (Å²) in [6, 6.07) is 9.86. The SMILES string of the molecule is C[C@H]1C(=O)N(C)c2cnc(Nc3cccc(C(=O)N4CCN(C)CC4)c3)cc2N1C1CCCC1. The summed E-state index contributed by atoms with van der Waals surface area (Å²) in [5.41, 5.74) is 3.40. The molecular formula is C26H34N6O2. The molecule has 8 heteroatoms. The molecule has 0 bridgehead atoms. The van der Waals surface area contributed by atoms with Crippen molar-refractivity contribution < 1.29 is 9.59 Å². The summed E-state index contributed by atoms with van der Waals surface area (Å²) in [4.78, 5) is 38.7. The van der Waals surface area contributed by atoms with E-state index in [2.05, 4.69) is 27.1 Å². The third kappa shape index (κ3) is 4.22. The molecule has 1 atom stereocenters. The van der Waals surface area contributed by atoms with Crippen LogP contribution in [0, 0.1) is 0 Å². The number of hydrogen-bond donors (Lipinski definition) is 1. The van der Waals surface area contributed by atoms with Crippen LogP contribution in [0.4, 0.5) is 22.9 Å². The van der Waals surface area contributed by atoms with E-state index >= 15 is 0 Å². The number of nitrogens with zero attached hydrogens (tertiary/aromatic N) is 5. The summed E-state index contributed by atoms with van der Waals surface area (Å²) in [6.07, 6.45) is 6.42. The highest BCUT2D eigenvalue weighted by molar-refractivity contribution is 6.05. The predicted molar refractivity (Wildman–Crippen MR) is 135 cm³/mol. The van der Waals surface area contributed by atoms with Crippen LogP contribution in [0.25, 0.3) is 0 Å². The fourth-order valence-electron chi connectivity index (χ4n) is 5.46. The van der Waals surface area contributed by atoms with Crippen LogP contribution in [0.1, 0.15) is 43.0 Å². The number of aromatic nitrogens is 1. The number of rotatable bonds is 4. The van der Waals surface area contributed by atoms with Crippen LogP contribution < -0.4 is 15.1 Å². The minimum Gasteiger partial charge on any atom is -0.355 e. The van der Waals surface area contributed by atoms with Gasteiger partial charge in [0.1, 0.15) is 11.9 Å².